The molecular weight excluding hydrogens is 246 g/mol. The molecule has 2 N–H and O–H groups in total. The summed E-state index contributed by atoms with van der Waals surface area (Å²) in [5.41, 5.74) is 10.7. The molecule has 0 amide bonds. The number of nitrogens with zero attached hydrogens (tertiary/aromatic N) is 2. The van der Waals surface area contributed by atoms with Crippen LogP contribution in [-0.4, -0.2) is 25.0 Å². The first-order valence-corrected chi connectivity index (χ1v) is 7.08. The van der Waals surface area contributed by atoms with E-state index >= 15 is 0 Å². The molecule has 0 radical (unpaired) electrons. The van der Waals surface area contributed by atoms with Gasteiger partial charge in [-0.05, 0) is 29.3 Å². The van der Waals surface area contributed by atoms with Crippen molar-refractivity contribution in [1.82, 2.24) is 4.90 Å². The van der Waals surface area contributed by atoms with Crippen LogP contribution in [0.1, 0.15) is 11.1 Å². The van der Waals surface area contributed by atoms with Crippen LogP contribution in [0.4, 0.5) is 11.4 Å². The maximum absolute atomic E-state index is 5.87. The van der Waals surface area contributed by atoms with Crippen molar-refractivity contribution in [3.05, 3.63) is 59.7 Å². The van der Waals surface area contributed by atoms with E-state index in [1.165, 1.54) is 16.8 Å². The minimum Gasteiger partial charge on any atom is -0.399 e. The first-order valence-electron chi connectivity index (χ1n) is 7.08. The maximum atomic E-state index is 5.87. The molecule has 3 heteroatoms. The summed E-state index contributed by atoms with van der Waals surface area (Å²) in [5, 5.41) is 0. The monoisotopic (exact) mass is 267 g/mol. The Morgan fingerprint density at radius 2 is 1.90 bits per heavy atom. The van der Waals surface area contributed by atoms with Crippen molar-refractivity contribution in [3.63, 3.8) is 0 Å². The van der Waals surface area contributed by atoms with Crippen LogP contribution in [0.15, 0.2) is 48.5 Å². The summed E-state index contributed by atoms with van der Waals surface area (Å²) in [4.78, 5) is 4.83. The van der Waals surface area contributed by atoms with Crippen LogP contribution in [0.5, 0.6) is 0 Å². The van der Waals surface area contributed by atoms with Gasteiger partial charge in [-0.25, -0.2) is 0 Å². The molecule has 0 unspecified atom stereocenters. The van der Waals surface area contributed by atoms with Crippen LogP contribution < -0.4 is 10.6 Å². The molecule has 0 saturated carbocycles. The van der Waals surface area contributed by atoms with Gasteiger partial charge in [0, 0.05) is 44.6 Å². The Labute approximate surface area is 120 Å². The Balaban J connectivity index is 1.79. The number of hydrogen-bond donors (Lipinski definition) is 1. The van der Waals surface area contributed by atoms with E-state index in [0.717, 1.165) is 31.9 Å². The zero-order valence-electron chi connectivity index (χ0n) is 11.9. The van der Waals surface area contributed by atoms with Gasteiger partial charge in [-0.3, -0.25) is 4.90 Å². The lowest BCUT2D eigenvalue weighted by atomic mass is 10.1. The summed E-state index contributed by atoms with van der Waals surface area (Å²) in [5.74, 6) is 0. The van der Waals surface area contributed by atoms with Crippen molar-refractivity contribution in [2.45, 2.75) is 13.1 Å². The fourth-order valence-electron chi connectivity index (χ4n) is 2.83. The first kappa shape index (κ1) is 13.0. The van der Waals surface area contributed by atoms with Crippen molar-refractivity contribution in [3.8, 4) is 0 Å². The Morgan fingerprint density at radius 1 is 1.05 bits per heavy atom. The first-order chi connectivity index (χ1) is 9.72. The standard InChI is InChI=1S/C17H21N3/c1-19-9-10-20(12-14-5-4-7-16(18)11-14)13-15-6-2-3-8-17(15)19/h2-8,11H,9-10,12-13,18H2,1H3. The van der Waals surface area contributed by atoms with E-state index in [0.29, 0.717) is 0 Å². The van der Waals surface area contributed by atoms with Crippen LogP contribution in [0.3, 0.4) is 0 Å². The number of nitrogen functional groups attached to an aromatic ring is 1. The summed E-state index contributed by atoms with van der Waals surface area (Å²) in [6, 6.07) is 16.9. The molecule has 0 saturated heterocycles. The predicted octanol–water partition coefficient (Wildman–Crippen LogP) is 2.72. The molecule has 20 heavy (non-hydrogen) atoms. The fourth-order valence-corrected chi connectivity index (χ4v) is 2.83. The van der Waals surface area contributed by atoms with Gasteiger partial charge in [0.1, 0.15) is 0 Å². The minimum absolute atomic E-state index is 0.842. The number of benzene rings is 2. The zero-order valence-corrected chi connectivity index (χ0v) is 11.9. The lowest BCUT2D eigenvalue weighted by Gasteiger charge is -2.20. The fraction of sp³-hybridized carbons (Fsp3) is 0.294. The second-order valence-corrected chi connectivity index (χ2v) is 5.51. The van der Waals surface area contributed by atoms with Gasteiger partial charge in [-0.15, -0.1) is 0 Å². The number of likely N-dealkylation sites (N-methyl/N-ethyl adjacent to an activating group) is 1. The van der Waals surface area contributed by atoms with E-state index in [-0.39, 0.29) is 0 Å². The van der Waals surface area contributed by atoms with E-state index in [4.69, 9.17) is 5.73 Å². The normalized spacial score (nSPS) is 15.8. The Bertz CT molecular complexity index is 594. The Hall–Kier alpha value is -2.00. The van der Waals surface area contributed by atoms with Crippen molar-refractivity contribution in [2.24, 2.45) is 0 Å². The molecule has 0 spiro atoms. The van der Waals surface area contributed by atoms with Gasteiger partial charge >= 0.3 is 0 Å². The molecule has 1 aliphatic heterocycles. The van der Waals surface area contributed by atoms with Crippen LogP contribution in [0.25, 0.3) is 0 Å². The highest BCUT2D eigenvalue weighted by atomic mass is 15.2. The summed E-state index contributed by atoms with van der Waals surface area (Å²) < 4.78 is 0. The van der Waals surface area contributed by atoms with Crippen LogP contribution >= 0.6 is 0 Å². The third kappa shape index (κ3) is 2.78. The lowest BCUT2D eigenvalue weighted by Crippen LogP contribution is -2.28. The molecule has 0 aromatic heterocycles. The minimum atomic E-state index is 0.842. The van der Waals surface area contributed by atoms with Crippen molar-refractivity contribution in [1.29, 1.82) is 0 Å². The molecule has 0 bridgehead atoms. The molecule has 0 aliphatic carbocycles. The summed E-state index contributed by atoms with van der Waals surface area (Å²) >= 11 is 0. The highest BCUT2D eigenvalue weighted by Gasteiger charge is 2.17. The van der Waals surface area contributed by atoms with Gasteiger partial charge < -0.3 is 10.6 Å². The number of anilines is 2. The van der Waals surface area contributed by atoms with Crippen molar-refractivity contribution >= 4 is 11.4 Å². The average molecular weight is 267 g/mol. The van der Waals surface area contributed by atoms with Crippen LogP contribution in [0.2, 0.25) is 0 Å². The van der Waals surface area contributed by atoms with E-state index in [2.05, 4.69) is 53.2 Å². The van der Waals surface area contributed by atoms with E-state index < -0.39 is 0 Å². The molecule has 2 aromatic carbocycles. The topological polar surface area (TPSA) is 32.5 Å². The SMILES string of the molecule is CN1CCN(Cc2cccc(N)c2)Cc2ccccc21. The van der Waals surface area contributed by atoms with Crippen molar-refractivity contribution in [2.75, 3.05) is 30.8 Å². The summed E-state index contributed by atoms with van der Waals surface area (Å²) in [6.45, 7) is 4.07. The second-order valence-electron chi connectivity index (χ2n) is 5.51. The van der Waals surface area contributed by atoms with E-state index in [1.54, 1.807) is 0 Å². The number of hydrogen-bond acceptors (Lipinski definition) is 3. The lowest BCUT2D eigenvalue weighted by molar-refractivity contribution is 0.269. The number of fused-ring (bicyclic) bond motifs is 1. The Morgan fingerprint density at radius 3 is 2.75 bits per heavy atom. The second kappa shape index (κ2) is 5.55. The third-order valence-corrected chi connectivity index (χ3v) is 3.91. The van der Waals surface area contributed by atoms with Gasteiger partial charge in [0.2, 0.25) is 0 Å². The molecule has 0 fully saturated rings. The average Bonchev–Trinajstić information content (AvgIpc) is 2.59. The highest BCUT2D eigenvalue weighted by molar-refractivity contribution is 5.53. The van der Waals surface area contributed by atoms with Crippen LogP contribution in [-0.2, 0) is 13.1 Å². The molecule has 3 nitrogen and oxygen atoms in total. The molecule has 104 valence electrons. The third-order valence-electron chi connectivity index (χ3n) is 3.91. The predicted molar refractivity (Wildman–Crippen MR) is 84.7 cm³/mol. The van der Waals surface area contributed by atoms with E-state index in [1.807, 2.05) is 12.1 Å². The van der Waals surface area contributed by atoms with Crippen molar-refractivity contribution < 1.29 is 0 Å². The quantitative estimate of drug-likeness (QED) is 0.849. The molecule has 1 aliphatic rings. The number of para-hydroxylation sites is 1. The van der Waals surface area contributed by atoms with E-state index in [9.17, 15) is 0 Å². The molecule has 2 aromatic rings. The van der Waals surface area contributed by atoms with Gasteiger partial charge in [0.05, 0.1) is 0 Å². The molecule has 1 heterocycles. The maximum Gasteiger partial charge on any atom is 0.0409 e. The smallest absolute Gasteiger partial charge is 0.0409 e. The van der Waals surface area contributed by atoms with Gasteiger partial charge in [-0.2, -0.15) is 0 Å². The molecule has 3 rings (SSSR count). The number of nitrogens with two attached hydrogens (primary N) is 1. The zero-order chi connectivity index (χ0) is 13.9. The molecule has 0 atom stereocenters. The van der Waals surface area contributed by atoms with Crippen LogP contribution in [0, 0.1) is 0 Å². The summed E-state index contributed by atoms with van der Waals surface area (Å²) in [7, 11) is 2.17. The van der Waals surface area contributed by atoms with Gasteiger partial charge in [-0.1, -0.05) is 30.3 Å². The molecular formula is C17H21N3. The number of rotatable bonds is 2. The van der Waals surface area contributed by atoms with Gasteiger partial charge in [0.25, 0.3) is 0 Å². The Kier molecular flexibility index (Phi) is 3.61. The summed E-state index contributed by atoms with van der Waals surface area (Å²) in [6.07, 6.45) is 0. The largest absolute Gasteiger partial charge is 0.399 e. The van der Waals surface area contributed by atoms with Gasteiger partial charge in [0.15, 0.2) is 0 Å². The highest BCUT2D eigenvalue weighted by Crippen LogP contribution is 2.24.